The molecule has 2 aromatic rings. The number of rotatable bonds is 3. The predicted octanol–water partition coefficient (Wildman–Crippen LogP) is 1.25. The number of aldehydes is 1. The summed E-state index contributed by atoms with van der Waals surface area (Å²) < 4.78 is 1.70. The molecule has 0 bridgehead atoms. The van der Waals surface area contributed by atoms with Crippen LogP contribution in [0.5, 0.6) is 0 Å². The van der Waals surface area contributed by atoms with Crippen molar-refractivity contribution in [1.82, 2.24) is 9.58 Å². The van der Waals surface area contributed by atoms with Crippen LogP contribution in [0.3, 0.4) is 0 Å². The number of piperazine rings is 1. The van der Waals surface area contributed by atoms with Crippen molar-refractivity contribution >= 4 is 22.9 Å². The number of fused-ring (bicyclic) bond motifs is 1. The zero-order valence-corrected chi connectivity index (χ0v) is 11.7. The van der Waals surface area contributed by atoms with Gasteiger partial charge in [-0.1, -0.05) is 12.1 Å². The third kappa shape index (κ3) is 2.25. The van der Waals surface area contributed by atoms with Gasteiger partial charge in [-0.05, 0) is 13.1 Å². The lowest BCUT2D eigenvalue weighted by molar-refractivity contribution is -0.383. The Bertz CT molecular complexity index is 702. The molecule has 0 saturated carbocycles. The lowest BCUT2D eigenvalue weighted by Gasteiger charge is -2.35. The highest BCUT2D eigenvalue weighted by molar-refractivity contribution is 5.94. The molecule has 2 heterocycles. The zero-order valence-electron chi connectivity index (χ0n) is 11.7. The second-order valence-electron chi connectivity index (χ2n) is 5.23. The van der Waals surface area contributed by atoms with Crippen LogP contribution in [0.25, 0.3) is 10.9 Å². The molecule has 110 valence electrons. The number of carbonyl (C=O) groups is 1. The van der Waals surface area contributed by atoms with E-state index in [0.717, 1.165) is 32.5 Å². The number of nitrogens with zero attached hydrogens (tertiary/aromatic N) is 4. The summed E-state index contributed by atoms with van der Waals surface area (Å²) in [5.41, 5.74) is 0.970. The molecule has 0 atom stereocenters. The Morgan fingerprint density at radius 1 is 1.24 bits per heavy atom. The molecular weight excluding hydrogens is 272 g/mol. The summed E-state index contributed by atoms with van der Waals surface area (Å²) >= 11 is 0. The van der Waals surface area contributed by atoms with Gasteiger partial charge < -0.3 is 9.91 Å². The molecular formula is C14H16N4O3. The van der Waals surface area contributed by atoms with Crippen LogP contribution >= 0.6 is 0 Å². The second-order valence-corrected chi connectivity index (χ2v) is 5.23. The predicted molar refractivity (Wildman–Crippen MR) is 79.4 cm³/mol. The minimum atomic E-state index is -0.399. The van der Waals surface area contributed by atoms with Gasteiger partial charge in [0.25, 0.3) is 5.69 Å². The van der Waals surface area contributed by atoms with Crippen molar-refractivity contribution in [2.24, 2.45) is 0 Å². The molecule has 1 aromatic carbocycles. The first-order chi connectivity index (χ1) is 10.1. The summed E-state index contributed by atoms with van der Waals surface area (Å²) in [7, 11) is 2.04. The summed E-state index contributed by atoms with van der Waals surface area (Å²) in [6.45, 7) is 3.18. The molecule has 7 nitrogen and oxygen atoms in total. The topological polar surface area (TPSA) is 71.6 Å². The van der Waals surface area contributed by atoms with Crippen LogP contribution in [-0.2, 0) is 0 Å². The Balaban J connectivity index is 2.19. The van der Waals surface area contributed by atoms with Gasteiger partial charge >= 0.3 is 0 Å². The van der Waals surface area contributed by atoms with Crippen molar-refractivity contribution in [1.29, 1.82) is 0 Å². The van der Waals surface area contributed by atoms with Crippen LogP contribution in [0, 0.1) is 10.1 Å². The van der Waals surface area contributed by atoms with Crippen molar-refractivity contribution in [3.8, 4) is 0 Å². The van der Waals surface area contributed by atoms with Gasteiger partial charge in [0, 0.05) is 37.6 Å². The number of hydrogen-bond acceptors (Lipinski definition) is 5. The molecule has 1 aliphatic rings. The molecule has 0 unspecified atom stereocenters. The van der Waals surface area contributed by atoms with E-state index in [1.165, 1.54) is 6.07 Å². The Kier molecular flexibility index (Phi) is 3.34. The van der Waals surface area contributed by atoms with Crippen LogP contribution in [0.2, 0.25) is 0 Å². The molecule has 7 heteroatoms. The number of para-hydroxylation sites is 1. The summed E-state index contributed by atoms with van der Waals surface area (Å²) in [6, 6.07) is 6.61. The van der Waals surface area contributed by atoms with Gasteiger partial charge in [0.2, 0.25) is 0 Å². The molecule has 0 spiro atoms. The first-order valence-corrected chi connectivity index (χ1v) is 6.79. The van der Waals surface area contributed by atoms with Crippen LogP contribution in [0.15, 0.2) is 24.3 Å². The number of non-ortho nitro benzene ring substituents is 1. The van der Waals surface area contributed by atoms with Gasteiger partial charge in [-0.25, -0.2) is 4.68 Å². The summed E-state index contributed by atoms with van der Waals surface area (Å²) in [5.74, 6) is 0. The van der Waals surface area contributed by atoms with Gasteiger partial charge in [-0.15, -0.1) is 0 Å². The van der Waals surface area contributed by atoms with Crippen molar-refractivity contribution < 1.29 is 9.72 Å². The van der Waals surface area contributed by atoms with E-state index in [1.807, 2.05) is 12.1 Å². The van der Waals surface area contributed by atoms with Crippen molar-refractivity contribution in [2.75, 3.05) is 38.2 Å². The number of aromatic nitrogens is 1. The molecule has 1 fully saturated rings. The van der Waals surface area contributed by atoms with Crippen LogP contribution < -0.4 is 5.01 Å². The fourth-order valence-corrected chi connectivity index (χ4v) is 2.78. The van der Waals surface area contributed by atoms with Crippen LogP contribution in [0.1, 0.15) is 10.5 Å². The number of likely N-dealkylation sites (N-methyl/N-ethyl adjacent to an activating group) is 1. The smallest absolute Gasteiger partial charge is 0.295 e. The Hall–Kier alpha value is -2.41. The highest BCUT2D eigenvalue weighted by atomic mass is 16.6. The molecule has 0 N–H and O–H groups in total. The van der Waals surface area contributed by atoms with Gasteiger partial charge in [-0.3, -0.25) is 14.9 Å². The molecule has 0 amide bonds. The van der Waals surface area contributed by atoms with E-state index >= 15 is 0 Å². The minimum Gasteiger partial charge on any atom is -0.309 e. The fourth-order valence-electron chi connectivity index (χ4n) is 2.78. The third-order valence-corrected chi connectivity index (χ3v) is 3.89. The van der Waals surface area contributed by atoms with Gasteiger partial charge in [-0.2, -0.15) is 0 Å². The van der Waals surface area contributed by atoms with Crippen molar-refractivity contribution in [2.45, 2.75) is 0 Å². The van der Waals surface area contributed by atoms with Gasteiger partial charge in [0.05, 0.1) is 4.92 Å². The van der Waals surface area contributed by atoms with E-state index < -0.39 is 4.92 Å². The first-order valence-electron chi connectivity index (χ1n) is 6.79. The second kappa shape index (κ2) is 5.17. The first kappa shape index (κ1) is 13.6. The molecule has 0 radical (unpaired) electrons. The van der Waals surface area contributed by atoms with Gasteiger partial charge in [0.1, 0.15) is 11.2 Å². The SMILES string of the molecule is CN1CCN(n2c(C=O)cc3cccc([N+](=O)[O-])c32)CC1. The maximum absolute atomic E-state index is 11.4. The number of nitro benzene ring substituents is 1. The highest BCUT2D eigenvalue weighted by Crippen LogP contribution is 2.28. The van der Waals surface area contributed by atoms with E-state index in [9.17, 15) is 14.9 Å². The summed E-state index contributed by atoms with van der Waals surface area (Å²) in [6.07, 6.45) is 0.752. The van der Waals surface area contributed by atoms with E-state index in [1.54, 1.807) is 22.9 Å². The number of benzene rings is 1. The fraction of sp³-hybridized carbons (Fsp3) is 0.357. The quantitative estimate of drug-likeness (QED) is 0.483. The Labute approximate surface area is 121 Å². The van der Waals surface area contributed by atoms with E-state index in [2.05, 4.69) is 4.90 Å². The molecule has 0 aliphatic carbocycles. The minimum absolute atomic E-state index is 0.0273. The average molecular weight is 288 g/mol. The van der Waals surface area contributed by atoms with Gasteiger partial charge in [0.15, 0.2) is 6.29 Å². The van der Waals surface area contributed by atoms with Crippen LogP contribution in [0.4, 0.5) is 5.69 Å². The van der Waals surface area contributed by atoms with E-state index in [0.29, 0.717) is 16.6 Å². The number of hydrogen-bond donors (Lipinski definition) is 0. The highest BCUT2D eigenvalue weighted by Gasteiger charge is 2.24. The standard InChI is InChI=1S/C14H16N4O3/c1-15-5-7-16(8-6-15)17-12(10-19)9-11-3-2-4-13(14(11)17)18(20)21/h2-4,9-10H,5-8H2,1H3. The summed E-state index contributed by atoms with van der Waals surface area (Å²) in [5, 5.41) is 14.0. The lowest BCUT2D eigenvalue weighted by Crippen LogP contribution is -2.50. The third-order valence-electron chi connectivity index (χ3n) is 3.89. The van der Waals surface area contributed by atoms with Crippen molar-refractivity contribution in [3.63, 3.8) is 0 Å². The number of nitro groups is 1. The largest absolute Gasteiger partial charge is 0.309 e. The summed E-state index contributed by atoms with van der Waals surface area (Å²) in [4.78, 5) is 24.4. The Morgan fingerprint density at radius 2 is 1.95 bits per heavy atom. The van der Waals surface area contributed by atoms with E-state index in [-0.39, 0.29) is 5.69 Å². The monoisotopic (exact) mass is 288 g/mol. The van der Waals surface area contributed by atoms with Crippen molar-refractivity contribution in [3.05, 3.63) is 40.1 Å². The molecule has 3 rings (SSSR count). The average Bonchev–Trinajstić information content (AvgIpc) is 2.86. The molecule has 1 aromatic heterocycles. The van der Waals surface area contributed by atoms with E-state index in [4.69, 9.17) is 0 Å². The van der Waals surface area contributed by atoms with Crippen LogP contribution in [-0.4, -0.2) is 54.0 Å². The normalized spacial score (nSPS) is 16.3. The lowest BCUT2D eigenvalue weighted by atomic mass is 10.2. The maximum Gasteiger partial charge on any atom is 0.295 e. The number of carbonyl (C=O) groups excluding carboxylic acids is 1. The maximum atomic E-state index is 11.4. The zero-order chi connectivity index (χ0) is 15.0. The Morgan fingerprint density at radius 3 is 2.57 bits per heavy atom. The molecule has 21 heavy (non-hydrogen) atoms. The molecule has 1 aliphatic heterocycles. The molecule has 1 saturated heterocycles.